The molecule has 0 aromatic heterocycles. The summed E-state index contributed by atoms with van der Waals surface area (Å²) in [5.74, 6) is 0. The average Bonchev–Trinajstić information content (AvgIpc) is 2.37. The number of rotatable bonds is 5. The minimum absolute atomic E-state index is 0.783. The normalized spacial score (nSPS) is 10.3. The van der Waals surface area contributed by atoms with E-state index < -0.39 is 0 Å². The summed E-state index contributed by atoms with van der Waals surface area (Å²) in [5.41, 5.74) is 8.88. The van der Waals surface area contributed by atoms with Gasteiger partial charge in [0.25, 0.3) is 0 Å². The van der Waals surface area contributed by atoms with E-state index in [1.165, 1.54) is 5.56 Å². The summed E-state index contributed by atoms with van der Waals surface area (Å²) in [7, 11) is 1.95. The molecule has 0 bridgehead atoms. The molecule has 0 aliphatic carbocycles. The van der Waals surface area contributed by atoms with E-state index in [2.05, 4.69) is 34.3 Å². The zero-order valence-corrected chi connectivity index (χ0v) is 11.1. The second-order valence-corrected chi connectivity index (χ2v) is 4.89. The Morgan fingerprint density at radius 2 is 1.94 bits per heavy atom. The number of benzene rings is 2. The monoisotopic (exact) mass is 259 g/mol. The van der Waals surface area contributed by atoms with E-state index in [0.717, 1.165) is 22.8 Å². The second-order valence-electron chi connectivity index (χ2n) is 4.01. The highest BCUT2D eigenvalue weighted by molar-refractivity contribution is 8.00. The van der Waals surface area contributed by atoms with Crippen molar-refractivity contribution in [3.05, 3.63) is 54.1 Å². The Kier molecular flexibility index (Phi) is 4.50. The Labute approximate surface area is 112 Å². The van der Waals surface area contributed by atoms with Gasteiger partial charge in [-0.3, -0.25) is 0 Å². The number of nitrogens with two attached hydrogens (primary N) is 1. The number of anilines is 2. The summed E-state index contributed by atoms with van der Waals surface area (Å²) >= 11 is 1.56. The van der Waals surface area contributed by atoms with E-state index >= 15 is 0 Å². The highest BCUT2D eigenvalue weighted by atomic mass is 32.2. The largest absolute Gasteiger partial charge is 0.399 e. The molecule has 0 unspecified atom stereocenters. The molecule has 0 atom stereocenters. The smallest absolute Gasteiger partial charge is 0.0446 e. The quantitative estimate of drug-likeness (QED) is 0.570. The third kappa shape index (κ3) is 3.68. The van der Waals surface area contributed by atoms with Gasteiger partial charge in [0, 0.05) is 22.8 Å². The molecule has 0 fully saturated rings. The van der Waals surface area contributed by atoms with Crippen LogP contribution in [-0.2, 0) is 6.54 Å². The molecule has 4 N–H and O–H groups in total. The van der Waals surface area contributed by atoms with E-state index in [-0.39, 0.29) is 0 Å². The Hall–Kier alpha value is -1.65. The first-order valence-corrected chi connectivity index (χ1v) is 6.61. The average molecular weight is 259 g/mol. The van der Waals surface area contributed by atoms with Crippen molar-refractivity contribution in [3.63, 3.8) is 0 Å². The van der Waals surface area contributed by atoms with Crippen LogP contribution < -0.4 is 15.8 Å². The number of nitrogens with one attached hydrogen (secondary N) is 2. The number of nitrogen functional groups attached to an aromatic ring is 1. The van der Waals surface area contributed by atoms with Crippen molar-refractivity contribution in [2.45, 2.75) is 11.4 Å². The molecule has 2 aromatic carbocycles. The van der Waals surface area contributed by atoms with Gasteiger partial charge in [0.15, 0.2) is 0 Å². The van der Waals surface area contributed by atoms with Gasteiger partial charge in [-0.25, -0.2) is 0 Å². The van der Waals surface area contributed by atoms with E-state index in [1.54, 1.807) is 11.9 Å². The molecule has 0 saturated carbocycles. The van der Waals surface area contributed by atoms with Gasteiger partial charge in [0.2, 0.25) is 0 Å². The molecule has 0 heterocycles. The summed E-state index contributed by atoms with van der Waals surface area (Å²) in [6.07, 6.45) is 0. The van der Waals surface area contributed by atoms with Gasteiger partial charge < -0.3 is 15.8 Å². The molecule has 3 nitrogen and oxygen atoms in total. The van der Waals surface area contributed by atoms with Gasteiger partial charge >= 0.3 is 0 Å². The van der Waals surface area contributed by atoms with Crippen molar-refractivity contribution < 1.29 is 0 Å². The molecule has 4 heteroatoms. The van der Waals surface area contributed by atoms with Crippen molar-refractivity contribution in [1.29, 1.82) is 0 Å². The predicted molar refractivity (Wildman–Crippen MR) is 79.5 cm³/mol. The molecule has 94 valence electrons. The Bertz CT molecular complexity index is 514. The first-order chi connectivity index (χ1) is 8.78. The van der Waals surface area contributed by atoms with E-state index in [4.69, 9.17) is 5.73 Å². The Balaban J connectivity index is 1.99. The van der Waals surface area contributed by atoms with E-state index in [0.29, 0.717) is 0 Å². The lowest BCUT2D eigenvalue weighted by atomic mass is 10.2. The zero-order valence-electron chi connectivity index (χ0n) is 10.3. The molecule has 0 aliphatic rings. The standard InChI is InChI=1S/C14H17N3S/c1-16-10-11-4-2-6-13(8-11)17-18-14-7-3-5-12(15)9-14/h2-9,16-17H,10,15H2,1H3. The molecular weight excluding hydrogens is 242 g/mol. The first kappa shape index (κ1) is 12.8. The van der Waals surface area contributed by atoms with Gasteiger partial charge in [-0.1, -0.05) is 18.2 Å². The summed E-state index contributed by atoms with van der Waals surface area (Å²) in [6, 6.07) is 16.2. The highest BCUT2D eigenvalue weighted by Gasteiger charge is 1.97. The van der Waals surface area contributed by atoms with E-state index in [9.17, 15) is 0 Å². The van der Waals surface area contributed by atoms with Crippen LogP contribution in [0.1, 0.15) is 5.56 Å². The summed E-state index contributed by atoms with van der Waals surface area (Å²) < 4.78 is 3.32. The lowest BCUT2D eigenvalue weighted by Crippen LogP contribution is -2.04. The maximum absolute atomic E-state index is 5.74. The van der Waals surface area contributed by atoms with Crippen LogP contribution >= 0.6 is 11.9 Å². The van der Waals surface area contributed by atoms with Crippen molar-refractivity contribution >= 4 is 23.3 Å². The first-order valence-electron chi connectivity index (χ1n) is 5.80. The molecule has 18 heavy (non-hydrogen) atoms. The molecular formula is C14H17N3S. The maximum Gasteiger partial charge on any atom is 0.0446 e. The SMILES string of the molecule is CNCc1cccc(NSc2cccc(N)c2)c1. The van der Waals surface area contributed by atoms with Crippen LogP contribution in [-0.4, -0.2) is 7.05 Å². The van der Waals surface area contributed by atoms with Crippen molar-refractivity contribution in [1.82, 2.24) is 5.32 Å². The molecule has 0 radical (unpaired) electrons. The van der Waals surface area contributed by atoms with Gasteiger partial charge in [-0.2, -0.15) is 0 Å². The van der Waals surface area contributed by atoms with Crippen LogP contribution in [0, 0.1) is 0 Å². The van der Waals surface area contributed by atoms with Gasteiger partial charge in [-0.05, 0) is 54.9 Å². The van der Waals surface area contributed by atoms with Crippen LogP contribution in [0.3, 0.4) is 0 Å². The van der Waals surface area contributed by atoms with E-state index in [1.807, 2.05) is 31.3 Å². The second kappa shape index (κ2) is 6.33. The van der Waals surface area contributed by atoms with Gasteiger partial charge in [0.1, 0.15) is 0 Å². The Morgan fingerprint density at radius 3 is 2.72 bits per heavy atom. The molecule has 2 rings (SSSR count). The fourth-order valence-electron chi connectivity index (χ4n) is 1.64. The van der Waals surface area contributed by atoms with Gasteiger partial charge in [-0.15, -0.1) is 0 Å². The molecule has 0 saturated heterocycles. The minimum Gasteiger partial charge on any atom is -0.399 e. The van der Waals surface area contributed by atoms with Crippen molar-refractivity contribution in [2.24, 2.45) is 0 Å². The fraction of sp³-hybridized carbons (Fsp3) is 0.143. The summed E-state index contributed by atoms with van der Waals surface area (Å²) in [6.45, 7) is 0.873. The van der Waals surface area contributed by atoms with Gasteiger partial charge in [0.05, 0.1) is 0 Å². The van der Waals surface area contributed by atoms with Crippen LogP contribution in [0.2, 0.25) is 0 Å². The molecule has 2 aromatic rings. The predicted octanol–water partition coefficient (Wildman–Crippen LogP) is 3.11. The van der Waals surface area contributed by atoms with Crippen molar-refractivity contribution in [2.75, 3.05) is 17.5 Å². The minimum atomic E-state index is 0.783. The van der Waals surface area contributed by atoms with Crippen LogP contribution in [0.25, 0.3) is 0 Å². The van der Waals surface area contributed by atoms with Crippen LogP contribution in [0.15, 0.2) is 53.4 Å². The molecule has 0 aliphatic heterocycles. The zero-order chi connectivity index (χ0) is 12.8. The molecule has 0 spiro atoms. The third-order valence-electron chi connectivity index (χ3n) is 2.45. The fourth-order valence-corrected chi connectivity index (χ4v) is 2.35. The molecule has 0 amide bonds. The highest BCUT2D eigenvalue weighted by Crippen LogP contribution is 2.23. The topological polar surface area (TPSA) is 50.1 Å². The lowest BCUT2D eigenvalue weighted by molar-refractivity contribution is 0.818. The number of hydrogen-bond acceptors (Lipinski definition) is 4. The van der Waals surface area contributed by atoms with Crippen molar-refractivity contribution in [3.8, 4) is 0 Å². The Morgan fingerprint density at radius 1 is 1.11 bits per heavy atom. The maximum atomic E-state index is 5.74. The third-order valence-corrected chi connectivity index (χ3v) is 3.28. The summed E-state index contributed by atoms with van der Waals surface area (Å²) in [4.78, 5) is 1.11. The van der Waals surface area contributed by atoms with Crippen LogP contribution in [0.5, 0.6) is 0 Å². The van der Waals surface area contributed by atoms with Crippen LogP contribution in [0.4, 0.5) is 11.4 Å². The lowest BCUT2D eigenvalue weighted by Gasteiger charge is -2.08. The summed E-state index contributed by atoms with van der Waals surface area (Å²) in [5, 5.41) is 3.14. The number of hydrogen-bond donors (Lipinski definition) is 3.